The molecule has 0 aromatic heterocycles. The van der Waals surface area contributed by atoms with Crippen LogP contribution in [-0.4, -0.2) is 20.1 Å². The lowest BCUT2D eigenvalue weighted by Gasteiger charge is -2.18. The van der Waals surface area contributed by atoms with E-state index in [2.05, 4.69) is 5.32 Å². The van der Waals surface area contributed by atoms with Crippen molar-refractivity contribution in [3.05, 3.63) is 65.7 Å². The highest BCUT2D eigenvalue weighted by atomic mass is 16.5. The second-order valence-electron chi connectivity index (χ2n) is 5.87. The maximum atomic E-state index is 12.9. The van der Waals surface area contributed by atoms with E-state index >= 15 is 0 Å². The first-order chi connectivity index (χ1) is 12.1. The number of carbonyl (C=O) groups is 1. The molecule has 4 nitrogen and oxygen atoms in total. The van der Waals surface area contributed by atoms with Crippen molar-refractivity contribution in [1.29, 1.82) is 0 Å². The normalized spacial score (nSPS) is 12.4. The fourth-order valence-corrected chi connectivity index (χ4v) is 2.62. The van der Waals surface area contributed by atoms with Crippen molar-refractivity contribution in [3.8, 4) is 11.5 Å². The van der Waals surface area contributed by atoms with E-state index in [0.29, 0.717) is 23.6 Å². The Hall–Kier alpha value is -2.75. The van der Waals surface area contributed by atoms with Crippen LogP contribution in [0.5, 0.6) is 11.5 Å². The highest BCUT2D eigenvalue weighted by Crippen LogP contribution is 2.27. The van der Waals surface area contributed by atoms with Crippen LogP contribution in [0.1, 0.15) is 19.4 Å². The van der Waals surface area contributed by atoms with Crippen molar-refractivity contribution in [2.45, 2.75) is 20.3 Å². The molecule has 0 saturated heterocycles. The standard InChI is InChI=1S/C21H25NO3/c1-5-15(2)20(11-16-9-7-6-8-10-16)21(23)22-17-12-18(24-3)14-19(13-17)25-4/h5-10,12-14,20H,11H2,1-4H3,(H,22,23)/b15-5+. The van der Waals surface area contributed by atoms with Gasteiger partial charge in [-0.25, -0.2) is 0 Å². The number of rotatable bonds is 7. The van der Waals surface area contributed by atoms with E-state index in [-0.39, 0.29) is 11.8 Å². The molecule has 1 N–H and O–H groups in total. The van der Waals surface area contributed by atoms with Gasteiger partial charge >= 0.3 is 0 Å². The fourth-order valence-electron chi connectivity index (χ4n) is 2.62. The lowest BCUT2D eigenvalue weighted by atomic mass is 9.91. The highest BCUT2D eigenvalue weighted by Gasteiger charge is 2.21. The summed E-state index contributed by atoms with van der Waals surface area (Å²) in [6, 6.07) is 15.4. The van der Waals surface area contributed by atoms with Crippen molar-refractivity contribution < 1.29 is 14.3 Å². The molecule has 2 rings (SSSR count). The molecule has 0 fully saturated rings. The van der Waals surface area contributed by atoms with E-state index in [1.54, 1.807) is 32.4 Å². The van der Waals surface area contributed by atoms with Crippen LogP contribution in [0.3, 0.4) is 0 Å². The number of methoxy groups -OCH3 is 2. The van der Waals surface area contributed by atoms with Crippen LogP contribution in [0.25, 0.3) is 0 Å². The molecular formula is C21H25NO3. The Morgan fingerprint density at radius 3 is 2.20 bits per heavy atom. The molecule has 0 aliphatic carbocycles. The Labute approximate surface area is 149 Å². The molecule has 0 aliphatic heterocycles. The average molecular weight is 339 g/mol. The summed E-state index contributed by atoms with van der Waals surface area (Å²) in [5.74, 6) is 0.994. The Morgan fingerprint density at radius 2 is 1.68 bits per heavy atom. The van der Waals surface area contributed by atoms with Crippen molar-refractivity contribution in [1.82, 2.24) is 0 Å². The van der Waals surface area contributed by atoms with Gasteiger partial charge in [0.15, 0.2) is 0 Å². The zero-order valence-corrected chi connectivity index (χ0v) is 15.2. The minimum Gasteiger partial charge on any atom is -0.497 e. The van der Waals surface area contributed by atoms with Gasteiger partial charge in [-0.05, 0) is 25.8 Å². The third kappa shape index (κ3) is 5.11. The first kappa shape index (κ1) is 18.6. The topological polar surface area (TPSA) is 47.6 Å². The van der Waals surface area contributed by atoms with E-state index < -0.39 is 0 Å². The van der Waals surface area contributed by atoms with E-state index in [4.69, 9.17) is 9.47 Å². The summed E-state index contributed by atoms with van der Waals surface area (Å²) >= 11 is 0. The summed E-state index contributed by atoms with van der Waals surface area (Å²) < 4.78 is 10.5. The van der Waals surface area contributed by atoms with Crippen LogP contribution in [0.2, 0.25) is 0 Å². The zero-order valence-electron chi connectivity index (χ0n) is 15.2. The Bertz CT molecular complexity index is 716. The number of anilines is 1. The first-order valence-electron chi connectivity index (χ1n) is 8.28. The van der Waals surface area contributed by atoms with Gasteiger partial charge in [-0.1, -0.05) is 42.0 Å². The summed E-state index contributed by atoms with van der Waals surface area (Å²) in [5, 5.41) is 2.99. The molecule has 0 aliphatic rings. The van der Waals surface area contributed by atoms with E-state index in [9.17, 15) is 4.79 Å². The number of benzene rings is 2. The maximum Gasteiger partial charge on any atom is 0.231 e. The molecule has 0 spiro atoms. The average Bonchev–Trinajstić information content (AvgIpc) is 2.65. The third-order valence-electron chi connectivity index (χ3n) is 4.22. The molecule has 132 valence electrons. The predicted octanol–water partition coefficient (Wildman–Crippen LogP) is 4.47. The number of amides is 1. The number of carbonyl (C=O) groups excluding carboxylic acids is 1. The van der Waals surface area contributed by atoms with Crippen LogP contribution < -0.4 is 14.8 Å². The molecule has 1 amide bonds. The SMILES string of the molecule is C/C=C(\C)C(Cc1ccccc1)C(=O)Nc1cc(OC)cc(OC)c1. The molecule has 2 aromatic rings. The van der Waals surface area contributed by atoms with Gasteiger partial charge in [-0.3, -0.25) is 4.79 Å². The zero-order chi connectivity index (χ0) is 18.2. The quantitative estimate of drug-likeness (QED) is 0.757. The monoisotopic (exact) mass is 339 g/mol. The van der Waals surface area contributed by atoms with Crippen LogP contribution in [0.4, 0.5) is 5.69 Å². The lowest BCUT2D eigenvalue weighted by molar-refractivity contribution is -0.118. The van der Waals surface area contributed by atoms with Crippen molar-refractivity contribution in [2.24, 2.45) is 5.92 Å². The summed E-state index contributed by atoms with van der Waals surface area (Å²) in [7, 11) is 3.17. The van der Waals surface area contributed by atoms with Gasteiger partial charge in [0.05, 0.1) is 20.1 Å². The number of ether oxygens (including phenoxy) is 2. The van der Waals surface area contributed by atoms with Crippen molar-refractivity contribution >= 4 is 11.6 Å². The molecule has 25 heavy (non-hydrogen) atoms. The van der Waals surface area contributed by atoms with Gasteiger partial charge < -0.3 is 14.8 Å². The number of allylic oxidation sites excluding steroid dienone is 1. The predicted molar refractivity (Wildman–Crippen MR) is 101 cm³/mol. The van der Waals surface area contributed by atoms with Gasteiger partial charge in [0.1, 0.15) is 11.5 Å². The van der Waals surface area contributed by atoms with E-state index in [1.165, 1.54) is 0 Å². The summed E-state index contributed by atoms with van der Waals surface area (Å²) in [6.45, 7) is 3.94. The van der Waals surface area contributed by atoms with Gasteiger partial charge in [0.25, 0.3) is 0 Å². The molecule has 4 heteroatoms. The lowest BCUT2D eigenvalue weighted by Crippen LogP contribution is -2.25. The molecule has 0 bridgehead atoms. The summed E-state index contributed by atoms with van der Waals surface area (Å²) in [5.41, 5.74) is 2.83. The number of nitrogens with one attached hydrogen (secondary N) is 1. The molecule has 1 unspecified atom stereocenters. The minimum absolute atomic E-state index is 0.0465. The van der Waals surface area contributed by atoms with Gasteiger partial charge in [-0.2, -0.15) is 0 Å². The number of hydrogen-bond donors (Lipinski definition) is 1. The second-order valence-corrected chi connectivity index (χ2v) is 5.87. The van der Waals surface area contributed by atoms with Crippen LogP contribution in [-0.2, 0) is 11.2 Å². The van der Waals surface area contributed by atoms with Gasteiger partial charge in [-0.15, -0.1) is 0 Å². The largest absolute Gasteiger partial charge is 0.497 e. The fraction of sp³-hybridized carbons (Fsp3) is 0.286. The van der Waals surface area contributed by atoms with E-state index in [0.717, 1.165) is 11.1 Å². The van der Waals surface area contributed by atoms with Crippen LogP contribution >= 0.6 is 0 Å². The smallest absolute Gasteiger partial charge is 0.231 e. The molecule has 2 aromatic carbocycles. The van der Waals surface area contributed by atoms with Crippen LogP contribution in [0, 0.1) is 5.92 Å². The molecule has 0 radical (unpaired) electrons. The molecule has 0 saturated carbocycles. The van der Waals surface area contributed by atoms with Gasteiger partial charge in [0.2, 0.25) is 5.91 Å². The third-order valence-corrected chi connectivity index (χ3v) is 4.22. The first-order valence-corrected chi connectivity index (χ1v) is 8.28. The maximum absolute atomic E-state index is 12.9. The Balaban J connectivity index is 2.22. The Kier molecular flexibility index (Phi) is 6.63. The molecular weight excluding hydrogens is 314 g/mol. The molecule has 0 heterocycles. The van der Waals surface area contributed by atoms with Crippen molar-refractivity contribution in [2.75, 3.05) is 19.5 Å². The highest BCUT2D eigenvalue weighted by molar-refractivity contribution is 5.94. The minimum atomic E-state index is -0.232. The van der Waals surface area contributed by atoms with Crippen molar-refractivity contribution in [3.63, 3.8) is 0 Å². The number of hydrogen-bond acceptors (Lipinski definition) is 3. The second kappa shape index (κ2) is 8.92. The Morgan fingerprint density at radius 1 is 1.08 bits per heavy atom. The summed E-state index contributed by atoms with van der Waals surface area (Å²) in [6.07, 6.45) is 2.64. The molecule has 1 atom stereocenters. The van der Waals surface area contributed by atoms with E-state index in [1.807, 2.05) is 50.3 Å². The summed E-state index contributed by atoms with van der Waals surface area (Å²) in [4.78, 5) is 12.9. The van der Waals surface area contributed by atoms with Gasteiger partial charge in [0, 0.05) is 23.9 Å². The van der Waals surface area contributed by atoms with Crippen LogP contribution in [0.15, 0.2) is 60.2 Å².